The summed E-state index contributed by atoms with van der Waals surface area (Å²) in [5.41, 5.74) is 4.67. The van der Waals surface area contributed by atoms with Gasteiger partial charge in [0, 0.05) is 37.3 Å². The number of hydrogen-bond donors (Lipinski definition) is 0. The predicted molar refractivity (Wildman–Crippen MR) is 120 cm³/mol. The molecular weight excluding hydrogens is 445 g/mol. The van der Waals surface area contributed by atoms with Gasteiger partial charge in [-0.3, -0.25) is 19.1 Å². The Morgan fingerprint density at radius 2 is 1.79 bits per heavy atom. The largest absolute Gasteiger partial charge is 0.435 e. The normalized spacial score (nSPS) is 14.0. The van der Waals surface area contributed by atoms with E-state index in [0.717, 1.165) is 33.8 Å². The lowest BCUT2D eigenvalue weighted by Crippen LogP contribution is -2.36. The number of halogens is 3. The molecule has 7 nitrogen and oxygen atoms in total. The minimum atomic E-state index is -4.53. The zero-order valence-corrected chi connectivity index (χ0v) is 19.2. The van der Waals surface area contributed by atoms with Crippen molar-refractivity contribution in [3.05, 3.63) is 64.1 Å². The van der Waals surface area contributed by atoms with E-state index in [1.54, 1.807) is 22.7 Å². The Morgan fingerprint density at radius 3 is 2.50 bits per heavy atom. The molecule has 0 radical (unpaired) electrons. The van der Waals surface area contributed by atoms with E-state index < -0.39 is 11.9 Å². The van der Waals surface area contributed by atoms with Crippen LogP contribution in [-0.2, 0) is 33.2 Å². The average Bonchev–Trinajstić information content (AvgIpc) is 3.30. The molecule has 0 saturated heterocycles. The topological polar surface area (TPSA) is 68.8 Å². The number of aromatic nitrogens is 5. The number of carbonyl (C=O) groups is 1. The smallest absolute Gasteiger partial charge is 0.332 e. The lowest BCUT2D eigenvalue weighted by atomic mass is 10.00. The Balaban J connectivity index is 1.50. The molecule has 0 bridgehead atoms. The van der Waals surface area contributed by atoms with Crippen LogP contribution in [0.15, 0.2) is 30.3 Å². The molecule has 34 heavy (non-hydrogen) atoms. The van der Waals surface area contributed by atoms with Crippen molar-refractivity contribution in [3.63, 3.8) is 0 Å². The van der Waals surface area contributed by atoms with E-state index in [0.29, 0.717) is 35.6 Å². The Hall–Kier alpha value is -3.69. The molecule has 10 heteroatoms. The van der Waals surface area contributed by atoms with Crippen LogP contribution in [-0.4, -0.2) is 41.9 Å². The minimum absolute atomic E-state index is 0.112. The van der Waals surface area contributed by atoms with Gasteiger partial charge in [-0.2, -0.15) is 23.4 Å². The standard InChI is InChI=1S/C24H23F3N6O/c1-13-5-6-18-16(9-13)17(10-14(2)28-18)23(34)33-8-7-15-19(12-33)29-32(4)22(15)20-11-21(24(25,26)27)30-31(20)3/h5-6,9-11H,7-8,12H2,1-4H3. The maximum Gasteiger partial charge on any atom is 0.435 e. The lowest BCUT2D eigenvalue weighted by Gasteiger charge is -2.27. The second-order valence-electron chi connectivity index (χ2n) is 8.74. The van der Waals surface area contributed by atoms with Gasteiger partial charge in [-0.15, -0.1) is 0 Å². The molecule has 1 aliphatic rings. The highest BCUT2D eigenvalue weighted by molar-refractivity contribution is 6.06. The zero-order chi connectivity index (χ0) is 24.4. The Morgan fingerprint density at radius 1 is 1.03 bits per heavy atom. The molecule has 4 aromatic rings. The monoisotopic (exact) mass is 468 g/mol. The van der Waals surface area contributed by atoms with Gasteiger partial charge in [0.15, 0.2) is 5.69 Å². The van der Waals surface area contributed by atoms with E-state index in [2.05, 4.69) is 15.2 Å². The average molecular weight is 468 g/mol. The quantitative estimate of drug-likeness (QED) is 0.442. The van der Waals surface area contributed by atoms with Crippen LogP contribution in [0.25, 0.3) is 22.3 Å². The zero-order valence-electron chi connectivity index (χ0n) is 19.2. The van der Waals surface area contributed by atoms with Gasteiger partial charge in [0.05, 0.1) is 34.7 Å². The maximum absolute atomic E-state index is 13.5. The number of hydrogen-bond acceptors (Lipinski definition) is 4. The molecule has 5 rings (SSSR count). The van der Waals surface area contributed by atoms with E-state index in [-0.39, 0.29) is 12.5 Å². The van der Waals surface area contributed by atoms with Crippen LogP contribution in [0.1, 0.15) is 38.6 Å². The first-order valence-corrected chi connectivity index (χ1v) is 10.9. The van der Waals surface area contributed by atoms with Crippen LogP contribution in [0, 0.1) is 13.8 Å². The van der Waals surface area contributed by atoms with E-state index in [1.807, 2.05) is 32.0 Å². The van der Waals surface area contributed by atoms with Gasteiger partial charge in [-0.25, -0.2) is 0 Å². The molecule has 0 aliphatic carbocycles. The Labute approximate surface area is 193 Å². The molecule has 0 saturated carbocycles. The summed E-state index contributed by atoms with van der Waals surface area (Å²) in [6.45, 7) is 4.54. The van der Waals surface area contributed by atoms with Gasteiger partial charge in [0.2, 0.25) is 0 Å². The lowest BCUT2D eigenvalue weighted by molar-refractivity contribution is -0.141. The molecule has 1 amide bonds. The Kier molecular flexibility index (Phi) is 5.00. The number of benzene rings is 1. The van der Waals surface area contributed by atoms with Crippen LogP contribution in [0.2, 0.25) is 0 Å². The van der Waals surface area contributed by atoms with Crippen molar-refractivity contribution < 1.29 is 18.0 Å². The Bertz CT molecular complexity index is 1450. The van der Waals surface area contributed by atoms with Gasteiger partial charge >= 0.3 is 6.18 Å². The molecule has 0 N–H and O–H groups in total. The van der Waals surface area contributed by atoms with Crippen molar-refractivity contribution >= 4 is 16.8 Å². The highest BCUT2D eigenvalue weighted by atomic mass is 19.4. The molecule has 4 heterocycles. The first-order valence-electron chi connectivity index (χ1n) is 10.9. The molecule has 0 unspecified atom stereocenters. The first-order chi connectivity index (χ1) is 16.0. The summed E-state index contributed by atoms with van der Waals surface area (Å²) in [4.78, 5) is 19.8. The summed E-state index contributed by atoms with van der Waals surface area (Å²) >= 11 is 0. The fourth-order valence-electron chi connectivity index (χ4n) is 4.66. The number of rotatable bonds is 2. The summed E-state index contributed by atoms with van der Waals surface area (Å²) in [5.74, 6) is -0.112. The second kappa shape index (κ2) is 7.68. The molecule has 176 valence electrons. The van der Waals surface area contributed by atoms with Gasteiger partial charge in [0.1, 0.15) is 0 Å². The highest BCUT2D eigenvalue weighted by Crippen LogP contribution is 2.35. The van der Waals surface area contributed by atoms with Crippen molar-refractivity contribution in [1.29, 1.82) is 0 Å². The van der Waals surface area contributed by atoms with Gasteiger partial charge < -0.3 is 4.90 Å². The molecule has 0 atom stereocenters. The summed E-state index contributed by atoms with van der Waals surface area (Å²) in [6.07, 6.45) is -4.04. The van der Waals surface area contributed by atoms with Crippen molar-refractivity contribution in [1.82, 2.24) is 29.4 Å². The predicted octanol–water partition coefficient (Wildman–Crippen LogP) is 4.20. The summed E-state index contributed by atoms with van der Waals surface area (Å²) in [6, 6.07) is 8.69. The van der Waals surface area contributed by atoms with Crippen LogP contribution >= 0.6 is 0 Å². The number of amides is 1. The van der Waals surface area contributed by atoms with Crippen molar-refractivity contribution in [2.24, 2.45) is 14.1 Å². The summed E-state index contributed by atoms with van der Waals surface area (Å²) in [5, 5.41) is 8.99. The van der Waals surface area contributed by atoms with Gasteiger partial charge in [-0.1, -0.05) is 11.6 Å². The second-order valence-corrected chi connectivity index (χ2v) is 8.74. The van der Waals surface area contributed by atoms with Gasteiger partial charge in [-0.05, 0) is 44.5 Å². The van der Waals surface area contributed by atoms with Crippen molar-refractivity contribution in [2.75, 3.05) is 6.54 Å². The molecule has 0 spiro atoms. The van der Waals surface area contributed by atoms with Crippen LogP contribution in [0.3, 0.4) is 0 Å². The summed E-state index contributed by atoms with van der Waals surface area (Å²) in [7, 11) is 3.18. The highest BCUT2D eigenvalue weighted by Gasteiger charge is 2.36. The summed E-state index contributed by atoms with van der Waals surface area (Å²) < 4.78 is 42.3. The number of fused-ring (bicyclic) bond motifs is 2. The van der Waals surface area contributed by atoms with Gasteiger partial charge in [0.25, 0.3) is 5.91 Å². The molecule has 0 fully saturated rings. The van der Waals surface area contributed by atoms with E-state index in [4.69, 9.17) is 0 Å². The van der Waals surface area contributed by atoms with E-state index >= 15 is 0 Å². The first kappa shape index (κ1) is 22.1. The van der Waals surface area contributed by atoms with Crippen LogP contribution in [0.4, 0.5) is 13.2 Å². The molecule has 1 aromatic carbocycles. The fraction of sp³-hybridized carbons (Fsp3) is 0.333. The van der Waals surface area contributed by atoms with Crippen molar-refractivity contribution in [2.45, 2.75) is 33.0 Å². The van der Waals surface area contributed by atoms with Crippen LogP contribution < -0.4 is 0 Å². The van der Waals surface area contributed by atoms with Crippen LogP contribution in [0.5, 0.6) is 0 Å². The SMILES string of the molecule is Cc1ccc2nc(C)cc(C(=O)N3CCc4c(nn(C)c4-c4cc(C(F)(F)F)nn4C)C3)c2c1. The van der Waals surface area contributed by atoms with E-state index in [9.17, 15) is 18.0 Å². The number of nitrogens with zero attached hydrogens (tertiary/aromatic N) is 6. The maximum atomic E-state index is 13.5. The van der Waals surface area contributed by atoms with Crippen molar-refractivity contribution in [3.8, 4) is 11.4 Å². The number of aryl methyl sites for hydroxylation is 4. The number of pyridine rings is 1. The third-order valence-electron chi connectivity index (χ3n) is 6.22. The minimum Gasteiger partial charge on any atom is -0.332 e. The third-order valence-corrected chi connectivity index (χ3v) is 6.22. The molecule has 3 aromatic heterocycles. The number of carbonyl (C=O) groups excluding carboxylic acids is 1. The third kappa shape index (κ3) is 3.63. The number of alkyl halides is 3. The van der Waals surface area contributed by atoms with E-state index in [1.165, 1.54) is 11.7 Å². The molecular formula is C24H23F3N6O. The fourth-order valence-corrected chi connectivity index (χ4v) is 4.66. The molecule has 1 aliphatic heterocycles.